The van der Waals surface area contributed by atoms with Crippen LogP contribution in [0.2, 0.25) is 0 Å². The molecule has 6 heteroatoms. The maximum atomic E-state index is 12.7. The molecule has 3 saturated carbocycles. The van der Waals surface area contributed by atoms with Gasteiger partial charge in [0.25, 0.3) is 5.91 Å². The van der Waals surface area contributed by atoms with Gasteiger partial charge in [0, 0.05) is 11.6 Å². The van der Waals surface area contributed by atoms with Gasteiger partial charge in [0.2, 0.25) is 11.8 Å². The van der Waals surface area contributed by atoms with Gasteiger partial charge in [0.15, 0.2) is 0 Å². The number of hydrogen-bond donors (Lipinski definition) is 2. The zero-order valence-electron chi connectivity index (χ0n) is 15.1. The first-order chi connectivity index (χ1) is 12.6. The van der Waals surface area contributed by atoms with Crippen molar-refractivity contribution in [2.45, 2.75) is 63.3 Å². The summed E-state index contributed by atoms with van der Waals surface area (Å²) in [6, 6.07) is 3.55. The number of carbonyl (C=O) groups excluding carboxylic acids is 2. The summed E-state index contributed by atoms with van der Waals surface area (Å²) in [6.07, 6.45) is 8.26. The topological polar surface area (TPSA) is 94.3 Å². The van der Waals surface area contributed by atoms with Crippen molar-refractivity contribution in [1.29, 1.82) is 0 Å². The molecular weight excluding hydrogens is 330 g/mol. The summed E-state index contributed by atoms with van der Waals surface area (Å²) >= 11 is 0. The van der Waals surface area contributed by atoms with Crippen LogP contribution in [0.4, 0.5) is 0 Å². The van der Waals surface area contributed by atoms with E-state index in [0.29, 0.717) is 30.0 Å². The molecular formula is C20H27N3O3. The summed E-state index contributed by atoms with van der Waals surface area (Å²) in [5.74, 6) is 0.903. The van der Waals surface area contributed by atoms with Crippen LogP contribution >= 0.6 is 0 Å². The molecule has 0 spiro atoms. The SMILES string of the molecule is NC(=O)C1CCCCC1NC(=O)c1ccc(C2CC2)c(OCC2CC2)n1. The van der Waals surface area contributed by atoms with Crippen LogP contribution < -0.4 is 15.8 Å². The molecule has 1 heterocycles. The zero-order valence-corrected chi connectivity index (χ0v) is 15.1. The fourth-order valence-electron chi connectivity index (χ4n) is 3.77. The highest BCUT2D eigenvalue weighted by Gasteiger charge is 2.32. The second kappa shape index (κ2) is 7.25. The molecule has 1 aromatic heterocycles. The van der Waals surface area contributed by atoms with Crippen LogP contribution in [-0.2, 0) is 4.79 Å². The fourth-order valence-corrected chi connectivity index (χ4v) is 3.77. The Labute approximate surface area is 153 Å². The van der Waals surface area contributed by atoms with E-state index in [1.807, 2.05) is 6.07 Å². The van der Waals surface area contributed by atoms with Crippen LogP contribution in [0.5, 0.6) is 5.88 Å². The minimum absolute atomic E-state index is 0.200. The third-order valence-corrected chi connectivity index (χ3v) is 5.74. The van der Waals surface area contributed by atoms with Gasteiger partial charge in [0.1, 0.15) is 5.69 Å². The van der Waals surface area contributed by atoms with Crippen LogP contribution in [0.1, 0.15) is 73.3 Å². The Hall–Kier alpha value is -2.11. The molecule has 3 aliphatic rings. The van der Waals surface area contributed by atoms with Crippen molar-refractivity contribution in [2.75, 3.05) is 6.61 Å². The van der Waals surface area contributed by atoms with Crippen molar-refractivity contribution in [1.82, 2.24) is 10.3 Å². The molecule has 1 aromatic rings. The van der Waals surface area contributed by atoms with E-state index in [0.717, 1.165) is 44.1 Å². The van der Waals surface area contributed by atoms with Gasteiger partial charge >= 0.3 is 0 Å². The first-order valence-electron chi connectivity index (χ1n) is 9.85. The van der Waals surface area contributed by atoms with E-state index >= 15 is 0 Å². The molecule has 6 nitrogen and oxygen atoms in total. The lowest BCUT2D eigenvalue weighted by atomic mass is 9.84. The highest BCUT2D eigenvalue weighted by Crippen LogP contribution is 2.44. The number of amides is 2. The summed E-state index contributed by atoms with van der Waals surface area (Å²) < 4.78 is 5.94. The number of nitrogens with zero attached hydrogens (tertiary/aromatic N) is 1. The molecule has 3 N–H and O–H groups in total. The predicted molar refractivity (Wildman–Crippen MR) is 96.8 cm³/mol. The number of ether oxygens (including phenoxy) is 1. The molecule has 3 aliphatic carbocycles. The second-order valence-corrected chi connectivity index (χ2v) is 7.99. The van der Waals surface area contributed by atoms with Gasteiger partial charge in [-0.2, -0.15) is 0 Å². The number of nitrogens with one attached hydrogen (secondary N) is 1. The number of pyridine rings is 1. The molecule has 2 unspecified atom stereocenters. The van der Waals surface area contributed by atoms with Crippen molar-refractivity contribution >= 4 is 11.8 Å². The maximum absolute atomic E-state index is 12.7. The molecule has 0 aliphatic heterocycles. The number of primary amides is 1. The lowest BCUT2D eigenvalue weighted by Crippen LogP contribution is -2.47. The monoisotopic (exact) mass is 357 g/mol. The van der Waals surface area contributed by atoms with Crippen LogP contribution in [-0.4, -0.2) is 29.4 Å². The largest absolute Gasteiger partial charge is 0.477 e. The molecule has 0 saturated heterocycles. The Kier molecular flexibility index (Phi) is 4.83. The van der Waals surface area contributed by atoms with Gasteiger partial charge in [0.05, 0.1) is 12.5 Å². The summed E-state index contributed by atoms with van der Waals surface area (Å²) in [4.78, 5) is 28.9. The van der Waals surface area contributed by atoms with E-state index in [1.165, 1.54) is 12.8 Å². The van der Waals surface area contributed by atoms with Crippen molar-refractivity contribution < 1.29 is 14.3 Å². The molecule has 0 radical (unpaired) electrons. The Balaban J connectivity index is 1.47. The highest BCUT2D eigenvalue weighted by atomic mass is 16.5. The van der Waals surface area contributed by atoms with Crippen molar-refractivity contribution in [3.05, 3.63) is 23.4 Å². The third kappa shape index (κ3) is 4.00. The smallest absolute Gasteiger partial charge is 0.270 e. The van der Waals surface area contributed by atoms with E-state index in [1.54, 1.807) is 6.07 Å². The van der Waals surface area contributed by atoms with E-state index < -0.39 is 0 Å². The molecule has 0 aromatic carbocycles. The predicted octanol–water partition coefficient (Wildman–Crippen LogP) is 2.52. The zero-order chi connectivity index (χ0) is 18.1. The number of aromatic nitrogens is 1. The molecule has 2 amide bonds. The summed E-state index contributed by atoms with van der Waals surface area (Å²) in [7, 11) is 0. The third-order valence-electron chi connectivity index (χ3n) is 5.74. The van der Waals surface area contributed by atoms with E-state index in [-0.39, 0.29) is 23.8 Å². The van der Waals surface area contributed by atoms with Gasteiger partial charge in [-0.25, -0.2) is 4.98 Å². The molecule has 2 atom stereocenters. The standard InChI is InChI=1S/C20H27N3O3/c21-18(24)15-3-1-2-4-16(15)22-19(25)17-10-9-14(13-7-8-13)20(23-17)26-11-12-5-6-12/h9-10,12-13,15-16H,1-8,11H2,(H2,21,24)(H,22,25). The lowest BCUT2D eigenvalue weighted by Gasteiger charge is -2.29. The molecule has 140 valence electrons. The van der Waals surface area contributed by atoms with Gasteiger partial charge in [-0.1, -0.05) is 18.9 Å². The molecule has 4 rings (SSSR count). The average Bonchev–Trinajstić information content (AvgIpc) is 3.54. The Bertz CT molecular complexity index is 698. The molecule has 0 bridgehead atoms. The summed E-state index contributed by atoms with van der Waals surface area (Å²) in [5, 5.41) is 2.98. The number of hydrogen-bond acceptors (Lipinski definition) is 4. The highest BCUT2D eigenvalue weighted by molar-refractivity contribution is 5.93. The maximum Gasteiger partial charge on any atom is 0.270 e. The first kappa shape index (κ1) is 17.3. The van der Waals surface area contributed by atoms with E-state index in [9.17, 15) is 9.59 Å². The van der Waals surface area contributed by atoms with E-state index in [2.05, 4.69) is 10.3 Å². The Morgan fingerprint density at radius 3 is 2.58 bits per heavy atom. The van der Waals surface area contributed by atoms with Crippen LogP contribution in [0.3, 0.4) is 0 Å². The van der Waals surface area contributed by atoms with Crippen LogP contribution in [0.25, 0.3) is 0 Å². The Morgan fingerprint density at radius 2 is 1.88 bits per heavy atom. The lowest BCUT2D eigenvalue weighted by molar-refractivity contribution is -0.123. The van der Waals surface area contributed by atoms with E-state index in [4.69, 9.17) is 10.5 Å². The average molecular weight is 357 g/mol. The number of carbonyl (C=O) groups is 2. The number of rotatable bonds is 7. The summed E-state index contributed by atoms with van der Waals surface area (Å²) in [5.41, 5.74) is 6.98. The number of nitrogens with two attached hydrogens (primary N) is 1. The van der Waals surface area contributed by atoms with Crippen molar-refractivity contribution in [3.8, 4) is 5.88 Å². The summed E-state index contributed by atoms with van der Waals surface area (Å²) in [6.45, 7) is 0.685. The molecule has 26 heavy (non-hydrogen) atoms. The van der Waals surface area contributed by atoms with Gasteiger partial charge in [-0.3, -0.25) is 9.59 Å². The first-order valence-corrected chi connectivity index (χ1v) is 9.85. The van der Waals surface area contributed by atoms with Crippen LogP contribution in [0, 0.1) is 11.8 Å². The molecule has 3 fully saturated rings. The van der Waals surface area contributed by atoms with Crippen molar-refractivity contribution in [3.63, 3.8) is 0 Å². The Morgan fingerprint density at radius 1 is 1.12 bits per heavy atom. The van der Waals surface area contributed by atoms with Gasteiger partial charge < -0.3 is 15.8 Å². The van der Waals surface area contributed by atoms with Crippen LogP contribution in [0.15, 0.2) is 12.1 Å². The van der Waals surface area contributed by atoms with Gasteiger partial charge in [-0.05, 0) is 56.4 Å². The quantitative estimate of drug-likeness (QED) is 0.784. The normalized spacial score (nSPS) is 25.5. The van der Waals surface area contributed by atoms with Gasteiger partial charge in [-0.15, -0.1) is 0 Å². The second-order valence-electron chi connectivity index (χ2n) is 7.99. The minimum Gasteiger partial charge on any atom is -0.477 e. The minimum atomic E-state index is -0.333. The fraction of sp³-hybridized carbons (Fsp3) is 0.650. The van der Waals surface area contributed by atoms with Crippen molar-refractivity contribution in [2.24, 2.45) is 17.6 Å².